The van der Waals surface area contributed by atoms with Crippen LogP contribution in [-0.4, -0.2) is 0 Å². The van der Waals surface area contributed by atoms with E-state index in [0.717, 1.165) is 0 Å². The molecule has 90 heavy (non-hydrogen) atoms. The van der Waals surface area contributed by atoms with Gasteiger partial charge in [-0.2, -0.15) is 0 Å². The van der Waals surface area contributed by atoms with Crippen molar-refractivity contribution in [1.29, 1.82) is 0 Å². The van der Waals surface area contributed by atoms with Crippen LogP contribution in [0.2, 0.25) is 0 Å². The molecule has 13 rings (SSSR count). The van der Waals surface area contributed by atoms with E-state index in [1.54, 1.807) is 22.3 Å². The lowest BCUT2D eigenvalue weighted by atomic mass is 9.70. The average Bonchev–Trinajstić information content (AvgIpc) is 1.01. The number of benzene rings is 11. The zero-order valence-corrected chi connectivity index (χ0v) is 56.5. The van der Waals surface area contributed by atoms with Crippen LogP contribution in [0.5, 0.6) is 0 Å². The van der Waals surface area contributed by atoms with Crippen LogP contribution in [0.25, 0.3) is 110 Å². The minimum atomic E-state index is -0.0140. The van der Waals surface area contributed by atoms with Gasteiger partial charge >= 0.3 is 0 Å². The first-order valence-corrected chi connectivity index (χ1v) is 35.7. The Kier molecular flexibility index (Phi) is 17.4. The summed E-state index contributed by atoms with van der Waals surface area (Å²) in [5, 5.41) is 10.7. The molecule has 0 radical (unpaired) electrons. The molecule has 0 heterocycles. The van der Waals surface area contributed by atoms with Gasteiger partial charge in [0.2, 0.25) is 0 Å². The smallest absolute Gasteiger partial charge is 0.0215 e. The molecule has 0 N–H and O–H groups in total. The van der Waals surface area contributed by atoms with E-state index in [0.29, 0.717) is 0 Å². The maximum Gasteiger partial charge on any atom is 0.0215 e. The first kappa shape index (κ1) is 61.6. The molecule has 460 valence electrons. The highest BCUT2D eigenvalue weighted by Crippen LogP contribution is 2.58. The van der Waals surface area contributed by atoms with Gasteiger partial charge in [-0.3, -0.25) is 0 Å². The summed E-state index contributed by atoms with van der Waals surface area (Å²) in [5.74, 6) is 0. The fourth-order valence-corrected chi connectivity index (χ4v) is 17.1. The second-order valence-electron chi connectivity index (χ2n) is 29.8. The first-order chi connectivity index (χ1) is 43.7. The molecule has 0 bridgehead atoms. The Morgan fingerprint density at radius 1 is 0.244 bits per heavy atom. The van der Waals surface area contributed by atoms with Crippen LogP contribution >= 0.6 is 0 Å². The molecule has 2 aliphatic carbocycles. The van der Waals surface area contributed by atoms with Crippen LogP contribution in [0.4, 0.5) is 0 Å². The Morgan fingerprint density at radius 3 is 0.933 bits per heavy atom. The third-order valence-electron chi connectivity index (χ3n) is 22.0. The highest BCUT2D eigenvalue weighted by atomic mass is 14.5. The van der Waals surface area contributed by atoms with Gasteiger partial charge in [-0.1, -0.05) is 342 Å². The van der Waals surface area contributed by atoms with E-state index in [1.165, 1.54) is 249 Å². The lowest BCUT2D eigenvalue weighted by Crippen LogP contribution is -2.25. The molecule has 0 atom stereocenters. The highest BCUT2D eigenvalue weighted by molar-refractivity contribution is 6.35. The van der Waals surface area contributed by atoms with E-state index in [9.17, 15) is 0 Å². The van der Waals surface area contributed by atoms with Gasteiger partial charge in [-0.15, -0.1) is 0 Å². The Morgan fingerprint density at radius 2 is 0.567 bits per heavy atom. The predicted molar refractivity (Wildman–Crippen MR) is 394 cm³/mol. The maximum absolute atomic E-state index is 2.67. The summed E-state index contributed by atoms with van der Waals surface area (Å²) in [5.41, 5.74) is 25.3. The van der Waals surface area contributed by atoms with Crippen LogP contribution in [0.1, 0.15) is 231 Å². The Hall–Kier alpha value is -7.28. The van der Waals surface area contributed by atoms with Crippen molar-refractivity contribution in [2.75, 3.05) is 0 Å². The van der Waals surface area contributed by atoms with Gasteiger partial charge in [0.05, 0.1) is 0 Å². The van der Waals surface area contributed by atoms with Crippen LogP contribution in [0.3, 0.4) is 0 Å². The van der Waals surface area contributed by atoms with Crippen molar-refractivity contribution in [3.63, 3.8) is 0 Å². The SMILES string of the molecule is CCCCCCC1(CCCCCC)c2ccccc2-c2ccc(-c3cc(C(C)(C)C)ccc3-c3ccc4c5cccc6c(-c7ccc(C(C)(C)C)cc7-c7ccc8c(c7)C(CCCCCC)(CCCCCC)c7ccccc7-8)ccc(c7cccc3c74)c65)cc21. The molecule has 0 heteroatoms. The van der Waals surface area contributed by atoms with E-state index < -0.39 is 0 Å². The molecular formula is C90H100. The van der Waals surface area contributed by atoms with Gasteiger partial charge in [-0.25, -0.2) is 0 Å². The minimum absolute atomic E-state index is 0.0135. The van der Waals surface area contributed by atoms with Crippen molar-refractivity contribution in [1.82, 2.24) is 0 Å². The topological polar surface area (TPSA) is 0 Å². The third kappa shape index (κ3) is 10.9. The molecule has 0 aromatic heterocycles. The van der Waals surface area contributed by atoms with Gasteiger partial charge in [0.15, 0.2) is 0 Å². The van der Waals surface area contributed by atoms with Crippen molar-refractivity contribution in [2.45, 2.75) is 219 Å². The second-order valence-corrected chi connectivity index (χ2v) is 29.8. The molecule has 0 fully saturated rings. The quantitative estimate of drug-likeness (QED) is 0.0321. The largest absolute Gasteiger partial charge is 0.0654 e. The number of hydrogen-bond acceptors (Lipinski definition) is 0. The Bertz CT molecular complexity index is 4060. The van der Waals surface area contributed by atoms with E-state index in [4.69, 9.17) is 0 Å². The lowest BCUT2D eigenvalue weighted by molar-refractivity contribution is 0.401. The number of hydrogen-bond donors (Lipinski definition) is 0. The summed E-state index contributed by atoms with van der Waals surface area (Å²) >= 11 is 0. The number of fused-ring (bicyclic) bond motifs is 8. The Balaban J connectivity index is 0.961. The summed E-state index contributed by atoms with van der Waals surface area (Å²) in [6, 6.07) is 73.4. The Labute approximate surface area is 541 Å². The fraction of sp³-hybridized carbons (Fsp3) is 0.378. The average molecular weight is 1180 g/mol. The van der Waals surface area contributed by atoms with Gasteiger partial charge in [0.1, 0.15) is 0 Å². The summed E-state index contributed by atoms with van der Waals surface area (Å²) in [4.78, 5) is 0. The molecule has 2 aliphatic rings. The summed E-state index contributed by atoms with van der Waals surface area (Å²) in [6.07, 6.45) is 25.3. The number of unbranched alkanes of at least 4 members (excludes halogenated alkanes) is 12. The van der Waals surface area contributed by atoms with Crippen molar-refractivity contribution >= 4 is 43.1 Å². The zero-order valence-electron chi connectivity index (χ0n) is 56.5. The summed E-state index contributed by atoms with van der Waals surface area (Å²) in [6.45, 7) is 23.6. The predicted octanol–water partition coefficient (Wildman–Crippen LogP) is 27.4. The lowest BCUT2D eigenvalue weighted by Gasteiger charge is -2.33. The third-order valence-corrected chi connectivity index (χ3v) is 22.0. The van der Waals surface area contributed by atoms with Gasteiger partial charge in [-0.05, 0) is 192 Å². The standard InChI is InChI=1S/C90H100/c1-11-15-19-27-53-89(54-28-20-16-12-2)81-39-25-23-33-69(81)71-45-41-61(57-83(71)89)79-59-63(87(5,6)7)43-47-67(79)65-49-51-77-76-38-32-36-74-66(50-52-78(86(74)76)75-37-31-35-73(65)85(75)77)68-48-44-64(88(8,9)10)60-80(68)62-42-46-72-70-34-24-26-40-82(70)90(84(72)58-62,55-29-21-17-13-3)56-30-22-18-14-4/h23-26,31-52,57-60H,11-22,27-30,53-56H2,1-10H3. The van der Waals surface area contributed by atoms with E-state index in [-0.39, 0.29) is 21.7 Å². The summed E-state index contributed by atoms with van der Waals surface area (Å²) in [7, 11) is 0. The molecule has 0 unspecified atom stereocenters. The first-order valence-electron chi connectivity index (χ1n) is 35.7. The minimum Gasteiger partial charge on any atom is -0.0654 e. The van der Waals surface area contributed by atoms with Crippen LogP contribution in [0.15, 0.2) is 182 Å². The van der Waals surface area contributed by atoms with Gasteiger partial charge in [0, 0.05) is 10.8 Å². The molecule has 11 aromatic carbocycles. The number of rotatable bonds is 24. The summed E-state index contributed by atoms with van der Waals surface area (Å²) < 4.78 is 0. The van der Waals surface area contributed by atoms with E-state index in [1.807, 2.05) is 0 Å². The molecule has 0 saturated heterocycles. The highest BCUT2D eigenvalue weighted by Gasteiger charge is 2.44. The van der Waals surface area contributed by atoms with Crippen LogP contribution in [-0.2, 0) is 21.7 Å². The van der Waals surface area contributed by atoms with Crippen molar-refractivity contribution < 1.29 is 0 Å². The second kappa shape index (κ2) is 25.4. The zero-order chi connectivity index (χ0) is 62.4. The molecule has 0 spiro atoms. The molecule has 0 aliphatic heterocycles. The van der Waals surface area contributed by atoms with Crippen molar-refractivity contribution in [2.24, 2.45) is 0 Å². The van der Waals surface area contributed by atoms with Crippen LogP contribution < -0.4 is 0 Å². The van der Waals surface area contributed by atoms with Crippen LogP contribution in [0, 0.1) is 0 Å². The van der Waals surface area contributed by atoms with Gasteiger partial charge in [0.25, 0.3) is 0 Å². The fourth-order valence-electron chi connectivity index (χ4n) is 17.1. The molecule has 0 amide bonds. The molecular weight excluding hydrogens is 1080 g/mol. The van der Waals surface area contributed by atoms with Crippen molar-refractivity contribution in [3.05, 3.63) is 215 Å². The normalized spacial score (nSPS) is 14.1. The van der Waals surface area contributed by atoms with E-state index in [2.05, 4.69) is 251 Å². The van der Waals surface area contributed by atoms with E-state index >= 15 is 0 Å². The monoisotopic (exact) mass is 1180 g/mol. The van der Waals surface area contributed by atoms with Gasteiger partial charge < -0.3 is 0 Å². The molecule has 0 saturated carbocycles. The maximum atomic E-state index is 2.67. The van der Waals surface area contributed by atoms with Crippen molar-refractivity contribution in [3.8, 4) is 66.8 Å². The molecule has 11 aromatic rings. The molecule has 0 nitrogen and oxygen atoms in total.